The number of rotatable bonds is 4. The van der Waals surface area contributed by atoms with E-state index in [1.165, 1.54) is 11.3 Å². The first kappa shape index (κ1) is 16.1. The zero-order valence-electron chi connectivity index (χ0n) is 12.6. The van der Waals surface area contributed by atoms with E-state index in [1.54, 1.807) is 17.5 Å². The van der Waals surface area contributed by atoms with E-state index in [2.05, 4.69) is 15.3 Å². The molecule has 0 saturated heterocycles. The highest BCUT2D eigenvalue weighted by Crippen LogP contribution is 2.29. The summed E-state index contributed by atoms with van der Waals surface area (Å²) in [6.07, 6.45) is 1.79. The molecule has 0 radical (unpaired) electrons. The molecule has 1 aromatic carbocycles. The molecule has 0 fully saturated rings. The van der Waals surface area contributed by atoms with Crippen molar-refractivity contribution in [1.29, 1.82) is 0 Å². The number of amides is 1. The molecule has 2 heterocycles. The third-order valence-electron chi connectivity index (χ3n) is 3.17. The fourth-order valence-electron chi connectivity index (χ4n) is 2.09. The summed E-state index contributed by atoms with van der Waals surface area (Å²) in [4.78, 5) is 22.7. The van der Waals surface area contributed by atoms with Crippen molar-refractivity contribution in [3.63, 3.8) is 0 Å². The molecule has 0 spiro atoms. The standard InChI is InChI=1S/C16H14ClN3OS2/c1-9-14(15(21)19-8-13-7-18-10(2)22-13)23-16(20-9)11-4-3-5-12(17)6-11/h3-7H,8H2,1-2H3,(H,19,21). The molecule has 1 N–H and O–H groups in total. The van der Waals surface area contributed by atoms with Crippen LogP contribution in [0.5, 0.6) is 0 Å². The molecular formula is C16H14ClN3OS2. The first-order valence-corrected chi connectivity index (χ1v) is 8.97. The molecule has 0 aliphatic rings. The van der Waals surface area contributed by atoms with Gasteiger partial charge in [0.2, 0.25) is 0 Å². The minimum atomic E-state index is -0.112. The fraction of sp³-hybridized carbons (Fsp3) is 0.188. The van der Waals surface area contributed by atoms with Gasteiger partial charge in [0.05, 0.1) is 17.2 Å². The van der Waals surface area contributed by atoms with Gasteiger partial charge in [-0.05, 0) is 26.0 Å². The lowest BCUT2D eigenvalue weighted by molar-refractivity contribution is 0.0954. The highest BCUT2D eigenvalue weighted by atomic mass is 35.5. The summed E-state index contributed by atoms with van der Waals surface area (Å²) in [7, 11) is 0. The Balaban J connectivity index is 1.76. The van der Waals surface area contributed by atoms with E-state index in [1.807, 2.05) is 38.1 Å². The van der Waals surface area contributed by atoms with Gasteiger partial charge in [0.1, 0.15) is 9.88 Å². The van der Waals surface area contributed by atoms with Crippen molar-refractivity contribution in [1.82, 2.24) is 15.3 Å². The molecule has 0 aliphatic heterocycles. The number of hydrogen-bond donors (Lipinski definition) is 1. The molecule has 3 rings (SSSR count). The van der Waals surface area contributed by atoms with E-state index in [9.17, 15) is 4.79 Å². The SMILES string of the molecule is Cc1ncc(CNC(=O)c2sc(-c3cccc(Cl)c3)nc2C)s1. The van der Waals surface area contributed by atoms with Gasteiger partial charge < -0.3 is 5.32 Å². The van der Waals surface area contributed by atoms with Crippen molar-refractivity contribution < 1.29 is 4.79 Å². The van der Waals surface area contributed by atoms with Gasteiger partial charge in [-0.25, -0.2) is 9.97 Å². The van der Waals surface area contributed by atoms with Gasteiger partial charge in [-0.3, -0.25) is 4.79 Å². The zero-order chi connectivity index (χ0) is 16.4. The lowest BCUT2D eigenvalue weighted by atomic mass is 10.2. The number of carbonyl (C=O) groups is 1. The third-order valence-corrected chi connectivity index (χ3v) is 5.52. The minimum Gasteiger partial charge on any atom is -0.346 e. The number of carbonyl (C=O) groups excluding carboxylic acids is 1. The monoisotopic (exact) mass is 363 g/mol. The molecule has 7 heteroatoms. The smallest absolute Gasteiger partial charge is 0.263 e. The van der Waals surface area contributed by atoms with Gasteiger partial charge in [-0.2, -0.15) is 0 Å². The van der Waals surface area contributed by atoms with Crippen molar-refractivity contribution in [2.75, 3.05) is 0 Å². The van der Waals surface area contributed by atoms with Gasteiger partial charge in [0, 0.05) is 21.7 Å². The maximum atomic E-state index is 12.4. The number of halogens is 1. The van der Waals surface area contributed by atoms with Crippen LogP contribution in [0.4, 0.5) is 0 Å². The van der Waals surface area contributed by atoms with E-state index < -0.39 is 0 Å². The summed E-state index contributed by atoms with van der Waals surface area (Å²) < 4.78 is 0. The van der Waals surface area contributed by atoms with E-state index in [-0.39, 0.29) is 5.91 Å². The van der Waals surface area contributed by atoms with Crippen molar-refractivity contribution in [3.05, 3.63) is 55.9 Å². The Morgan fingerprint density at radius 2 is 2.13 bits per heavy atom. The quantitative estimate of drug-likeness (QED) is 0.744. The van der Waals surface area contributed by atoms with Crippen LogP contribution in [-0.2, 0) is 6.54 Å². The summed E-state index contributed by atoms with van der Waals surface area (Å²) in [5.41, 5.74) is 1.64. The average molecular weight is 364 g/mol. The summed E-state index contributed by atoms with van der Waals surface area (Å²) in [5, 5.41) is 5.36. The molecule has 23 heavy (non-hydrogen) atoms. The van der Waals surface area contributed by atoms with Crippen molar-refractivity contribution >= 4 is 40.2 Å². The Morgan fingerprint density at radius 1 is 1.30 bits per heavy atom. The highest BCUT2D eigenvalue weighted by molar-refractivity contribution is 7.17. The molecule has 0 unspecified atom stereocenters. The average Bonchev–Trinajstić information content (AvgIpc) is 3.11. The first-order chi connectivity index (χ1) is 11.0. The molecule has 1 amide bonds. The third kappa shape index (κ3) is 3.77. The number of benzene rings is 1. The van der Waals surface area contributed by atoms with E-state index in [0.29, 0.717) is 16.4 Å². The van der Waals surface area contributed by atoms with E-state index in [0.717, 1.165) is 26.1 Å². The van der Waals surface area contributed by atoms with Crippen LogP contribution in [0.3, 0.4) is 0 Å². The Hall–Kier alpha value is -1.76. The number of aromatic nitrogens is 2. The molecule has 4 nitrogen and oxygen atoms in total. The largest absolute Gasteiger partial charge is 0.346 e. The maximum absolute atomic E-state index is 12.4. The van der Waals surface area contributed by atoms with E-state index >= 15 is 0 Å². The van der Waals surface area contributed by atoms with Crippen LogP contribution in [-0.4, -0.2) is 15.9 Å². The topological polar surface area (TPSA) is 54.9 Å². The van der Waals surface area contributed by atoms with Crippen LogP contribution in [0.25, 0.3) is 10.6 Å². The van der Waals surface area contributed by atoms with Crippen LogP contribution in [0, 0.1) is 13.8 Å². The van der Waals surface area contributed by atoms with E-state index in [4.69, 9.17) is 11.6 Å². The van der Waals surface area contributed by atoms with Crippen molar-refractivity contribution in [2.45, 2.75) is 20.4 Å². The number of aryl methyl sites for hydroxylation is 2. The molecular weight excluding hydrogens is 350 g/mol. The maximum Gasteiger partial charge on any atom is 0.263 e. The predicted molar refractivity (Wildman–Crippen MR) is 95.3 cm³/mol. The molecule has 0 atom stereocenters. The number of hydrogen-bond acceptors (Lipinski definition) is 5. The van der Waals surface area contributed by atoms with Gasteiger partial charge in [0.25, 0.3) is 5.91 Å². The Labute approximate surface area is 147 Å². The van der Waals surface area contributed by atoms with Crippen LogP contribution in [0.2, 0.25) is 5.02 Å². The van der Waals surface area contributed by atoms with Gasteiger partial charge in [-0.15, -0.1) is 22.7 Å². The second-order valence-electron chi connectivity index (χ2n) is 4.97. The lowest BCUT2D eigenvalue weighted by Gasteiger charge is -2.01. The van der Waals surface area contributed by atoms with Crippen LogP contribution < -0.4 is 5.32 Å². The molecule has 0 saturated carbocycles. The predicted octanol–water partition coefficient (Wildman–Crippen LogP) is 4.47. The Kier molecular flexibility index (Phi) is 4.75. The lowest BCUT2D eigenvalue weighted by Crippen LogP contribution is -2.22. The highest BCUT2D eigenvalue weighted by Gasteiger charge is 2.16. The molecule has 2 aromatic heterocycles. The van der Waals surface area contributed by atoms with Crippen molar-refractivity contribution in [3.8, 4) is 10.6 Å². The second-order valence-corrected chi connectivity index (χ2v) is 7.73. The summed E-state index contributed by atoms with van der Waals surface area (Å²) in [5.74, 6) is -0.112. The van der Waals surface area contributed by atoms with Gasteiger partial charge >= 0.3 is 0 Å². The number of thiazole rings is 2. The zero-order valence-corrected chi connectivity index (χ0v) is 15.0. The number of nitrogens with zero attached hydrogens (tertiary/aromatic N) is 2. The molecule has 118 valence electrons. The van der Waals surface area contributed by atoms with Crippen molar-refractivity contribution in [2.24, 2.45) is 0 Å². The Morgan fingerprint density at radius 3 is 2.83 bits per heavy atom. The van der Waals surface area contributed by atoms with Gasteiger partial charge in [-0.1, -0.05) is 23.7 Å². The summed E-state index contributed by atoms with van der Waals surface area (Å²) in [6, 6.07) is 7.48. The van der Waals surface area contributed by atoms with Crippen LogP contribution in [0.1, 0.15) is 25.3 Å². The second kappa shape index (κ2) is 6.78. The molecule has 3 aromatic rings. The summed E-state index contributed by atoms with van der Waals surface area (Å²) >= 11 is 8.97. The van der Waals surface area contributed by atoms with Crippen LogP contribution >= 0.6 is 34.3 Å². The molecule has 0 bridgehead atoms. The van der Waals surface area contributed by atoms with Gasteiger partial charge in [0.15, 0.2) is 0 Å². The normalized spacial score (nSPS) is 10.7. The minimum absolute atomic E-state index is 0.112. The van der Waals surface area contributed by atoms with Crippen LogP contribution in [0.15, 0.2) is 30.5 Å². The molecule has 0 aliphatic carbocycles. The Bertz CT molecular complexity index is 857. The fourth-order valence-corrected chi connectivity index (χ4v) is 3.99. The first-order valence-electron chi connectivity index (χ1n) is 6.96. The number of nitrogens with one attached hydrogen (secondary N) is 1. The summed E-state index contributed by atoms with van der Waals surface area (Å²) in [6.45, 7) is 4.27.